The number of nitrogens with one attached hydrogen (secondary N) is 1. The predicted molar refractivity (Wildman–Crippen MR) is 100 cm³/mol. The first-order valence-electron chi connectivity index (χ1n) is 8.05. The SMILES string of the molecule is O=C(O)CNC(=O)c1c(O)sc2cc(-c3ccc(C(F)(F)F)cc3)ccc2c1=O. The van der Waals surface area contributed by atoms with E-state index in [1.807, 2.05) is 5.32 Å². The van der Waals surface area contributed by atoms with Crippen molar-refractivity contribution in [2.75, 3.05) is 6.54 Å². The van der Waals surface area contributed by atoms with Crippen LogP contribution >= 0.6 is 11.3 Å². The maximum Gasteiger partial charge on any atom is 0.416 e. The van der Waals surface area contributed by atoms with Gasteiger partial charge in [0.2, 0.25) is 5.43 Å². The molecule has 0 spiro atoms. The second-order valence-corrected chi connectivity index (χ2v) is 7.00. The lowest BCUT2D eigenvalue weighted by Gasteiger charge is -2.09. The van der Waals surface area contributed by atoms with Crippen LogP contribution in [0, 0.1) is 0 Å². The highest BCUT2D eigenvalue weighted by Crippen LogP contribution is 2.33. The van der Waals surface area contributed by atoms with Crippen LogP contribution in [0.2, 0.25) is 0 Å². The Morgan fingerprint density at radius 2 is 1.66 bits per heavy atom. The molecule has 1 aromatic heterocycles. The number of fused-ring (bicyclic) bond motifs is 1. The zero-order valence-corrected chi connectivity index (χ0v) is 15.2. The van der Waals surface area contributed by atoms with Crippen LogP contribution in [0.1, 0.15) is 15.9 Å². The fraction of sp³-hybridized carbons (Fsp3) is 0.105. The van der Waals surface area contributed by atoms with Crippen molar-refractivity contribution in [1.29, 1.82) is 0 Å². The van der Waals surface area contributed by atoms with E-state index < -0.39 is 46.2 Å². The van der Waals surface area contributed by atoms with Crippen LogP contribution in [0.3, 0.4) is 0 Å². The minimum absolute atomic E-state index is 0.115. The fourth-order valence-electron chi connectivity index (χ4n) is 2.66. The lowest BCUT2D eigenvalue weighted by molar-refractivity contribution is -0.137. The van der Waals surface area contributed by atoms with Crippen LogP contribution < -0.4 is 10.7 Å². The number of carbonyl (C=O) groups is 2. The van der Waals surface area contributed by atoms with Gasteiger partial charge in [-0.05, 0) is 35.4 Å². The smallest absolute Gasteiger partial charge is 0.416 e. The van der Waals surface area contributed by atoms with Gasteiger partial charge in [-0.2, -0.15) is 13.2 Å². The third-order valence-corrected chi connectivity index (χ3v) is 5.00. The quantitative estimate of drug-likeness (QED) is 0.596. The molecular weight excluding hydrogens is 411 g/mol. The average Bonchev–Trinajstić information content (AvgIpc) is 2.65. The number of carboxylic acids is 1. The molecule has 0 aliphatic carbocycles. The van der Waals surface area contributed by atoms with Crippen LogP contribution in [0.4, 0.5) is 13.2 Å². The first kappa shape index (κ1) is 20.3. The van der Waals surface area contributed by atoms with Gasteiger partial charge in [0.25, 0.3) is 5.91 Å². The van der Waals surface area contributed by atoms with Gasteiger partial charge in [0.1, 0.15) is 12.1 Å². The Morgan fingerprint density at radius 1 is 1.03 bits per heavy atom. The number of hydrogen-bond donors (Lipinski definition) is 3. The molecular formula is C19H12F3NO5S. The number of rotatable bonds is 4. The lowest BCUT2D eigenvalue weighted by atomic mass is 10.0. The molecule has 0 unspecified atom stereocenters. The Bertz CT molecular complexity index is 1170. The molecule has 150 valence electrons. The topological polar surface area (TPSA) is 104 Å². The number of hydrogen-bond acceptors (Lipinski definition) is 5. The molecule has 0 saturated heterocycles. The normalized spacial score (nSPS) is 11.4. The summed E-state index contributed by atoms with van der Waals surface area (Å²) in [4.78, 5) is 35.1. The number of amides is 1. The molecule has 0 fully saturated rings. The molecule has 3 aromatic rings. The second-order valence-electron chi connectivity index (χ2n) is 5.97. The van der Waals surface area contributed by atoms with E-state index in [0.29, 0.717) is 15.8 Å². The number of carboxylic acid groups (broad SMARTS) is 1. The fourth-order valence-corrected chi connectivity index (χ4v) is 3.61. The van der Waals surface area contributed by atoms with Crippen molar-refractivity contribution in [3.8, 4) is 16.2 Å². The number of alkyl halides is 3. The first-order valence-corrected chi connectivity index (χ1v) is 8.87. The minimum atomic E-state index is -4.45. The van der Waals surface area contributed by atoms with Gasteiger partial charge in [0.15, 0.2) is 5.06 Å². The third kappa shape index (κ3) is 4.21. The number of aliphatic carboxylic acids is 1. The van der Waals surface area contributed by atoms with Crippen LogP contribution in [0.25, 0.3) is 21.2 Å². The van der Waals surface area contributed by atoms with E-state index in [-0.39, 0.29) is 5.39 Å². The molecule has 0 aliphatic heterocycles. The van der Waals surface area contributed by atoms with Gasteiger partial charge in [-0.3, -0.25) is 14.4 Å². The van der Waals surface area contributed by atoms with E-state index in [2.05, 4.69) is 0 Å². The summed E-state index contributed by atoms with van der Waals surface area (Å²) in [7, 11) is 0. The molecule has 1 amide bonds. The number of aromatic hydroxyl groups is 1. The van der Waals surface area contributed by atoms with E-state index in [0.717, 1.165) is 23.5 Å². The zero-order valence-electron chi connectivity index (χ0n) is 14.4. The molecule has 0 radical (unpaired) electrons. The van der Waals surface area contributed by atoms with Crippen molar-refractivity contribution < 1.29 is 33.0 Å². The molecule has 1 heterocycles. The van der Waals surface area contributed by atoms with E-state index in [9.17, 15) is 32.7 Å². The van der Waals surface area contributed by atoms with Gasteiger partial charge in [-0.15, -0.1) is 0 Å². The number of benzene rings is 2. The molecule has 10 heteroatoms. The Labute approximate surface area is 164 Å². The summed E-state index contributed by atoms with van der Waals surface area (Å²) >= 11 is 0.729. The maximum absolute atomic E-state index is 12.7. The third-order valence-electron chi connectivity index (χ3n) is 4.05. The summed E-state index contributed by atoms with van der Waals surface area (Å²) in [5.74, 6) is -2.32. The van der Waals surface area contributed by atoms with Crippen molar-refractivity contribution in [1.82, 2.24) is 5.32 Å². The summed E-state index contributed by atoms with van der Waals surface area (Å²) in [5.41, 5.74) is -1.14. The zero-order chi connectivity index (χ0) is 21.3. The largest absolute Gasteiger partial charge is 0.499 e. The minimum Gasteiger partial charge on any atom is -0.499 e. The lowest BCUT2D eigenvalue weighted by Crippen LogP contribution is -2.32. The molecule has 0 atom stereocenters. The van der Waals surface area contributed by atoms with E-state index in [1.54, 1.807) is 0 Å². The molecule has 3 rings (SSSR count). The van der Waals surface area contributed by atoms with Crippen LogP contribution in [-0.2, 0) is 11.0 Å². The van der Waals surface area contributed by atoms with Crippen LogP contribution in [0.5, 0.6) is 5.06 Å². The Hall–Kier alpha value is -3.40. The van der Waals surface area contributed by atoms with Crippen LogP contribution in [-0.4, -0.2) is 28.6 Å². The van der Waals surface area contributed by atoms with Gasteiger partial charge in [0.05, 0.1) is 5.56 Å². The maximum atomic E-state index is 12.7. The second kappa shape index (κ2) is 7.55. The van der Waals surface area contributed by atoms with Crippen molar-refractivity contribution in [3.63, 3.8) is 0 Å². The molecule has 0 aliphatic rings. The Morgan fingerprint density at radius 3 is 2.24 bits per heavy atom. The number of halogens is 3. The summed E-state index contributed by atoms with van der Waals surface area (Å²) in [6.07, 6.45) is -4.45. The van der Waals surface area contributed by atoms with Gasteiger partial charge in [-0.25, -0.2) is 0 Å². The van der Waals surface area contributed by atoms with E-state index in [4.69, 9.17) is 5.11 Å². The highest BCUT2D eigenvalue weighted by atomic mass is 32.1. The van der Waals surface area contributed by atoms with Crippen molar-refractivity contribution in [3.05, 3.63) is 63.8 Å². The first-order chi connectivity index (χ1) is 13.6. The molecule has 29 heavy (non-hydrogen) atoms. The van der Waals surface area contributed by atoms with Gasteiger partial charge >= 0.3 is 12.1 Å². The number of carbonyl (C=O) groups excluding carboxylic acids is 1. The summed E-state index contributed by atoms with van der Waals surface area (Å²) in [5, 5.41) is 20.2. The summed E-state index contributed by atoms with van der Waals surface area (Å²) < 4.78 is 38.4. The highest BCUT2D eigenvalue weighted by Gasteiger charge is 2.30. The van der Waals surface area contributed by atoms with Gasteiger partial charge in [-0.1, -0.05) is 29.5 Å². The van der Waals surface area contributed by atoms with E-state index in [1.165, 1.54) is 30.3 Å². The Balaban J connectivity index is 2.01. The predicted octanol–water partition coefficient (Wildman–Crippen LogP) is 3.47. The molecule has 0 bridgehead atoms. The Kier molecular flexibility index (Phi) is 5.29. The summed E-state index contributed by atoms with van der Waals surface area (Å²) in [6, 6.07) is 8.89. The van der Waals surface area contributed by atoms with E-state index >= 15 is 0 Å². The molecule has 2 aromatic carbocycles. The average molecular weight is 423 g/mol. The van der Waals surface area contributed by atoms with Crippen molar-refractivity contribution >= 4 is 33.3 Å². The highest BCUT2D eigenvalue weighted by molar-refractivity contribution is 7.20. The van der Waals surface area contributed by atoms with Crippen LogP contribution in [0.15, 0.2) is 47.3 Å². The molecule has 6 nitrogen and oxygen atoms in total. The monoisotopic (exact) mass is 423 g/mol. The molecule has 0 saturated carbocycles. The standard InChI is InChI=1S/C19H12F3NO5S/c20-19(21,22)11-4-1-9(2-5-11)10-3-6-12-13(7-10)29-18(28)15(16(12)26)17(27)23-8-14(24)25/h1-7,28H,8H2,(H,23,27)(H,24,25). The summed E-state index contributed by atoms with van der Waals surface area (Å²) in [6.45, 7) is -0.715. The molecule has 3 N–H and O–H groups in total. The van der Waals surface area contributed by atoms with Gasteiger partial charge in [0, 0.05) is 10.1 Å². The van der Waals surface area contributed by atoms with Crippen molar-refractivity contribution in [2.24, 2.45) is 0 Å². The van der Waals surface area contributed by atoms with Gasteiger partial charge < -0.3 is 15.5 Å². The van der Waals surface area contributed by atoms with Crippen molar-refractivity contribution in [2.45, 2.75) is 6.18 Å².